The van der Waals surface area contributed by atoms with Crippen LogP contribution in [0.25, 0.3) is 0 Å². The van der Waals surface area contributed by atoms with E-state index in [0.717, 1.165) is 24.8 Å². The van der Waals surface area contributed by atoms with E-state index in [1.165, 1.54) is 35.5 Å². The largest absolute Gasteiger partial charge is 0.748 e. The van der Waals surface area contributed by atoms with Gasteiger partial charge in [-0.25, -0.2) is 13.2 Å². The molecule has 2 aromatic carbocycles. The van der Waals surface area contributed by atoms with Gasteiger partial charge in [0.05, 0.1) is 15.9 Å². The number of Topliss-reactive ketones (excluding diaryl/α,β-unsaturated/α-hetero) is 1. The molecule has 0 N–H and O–H groups in total. The van der Waals surface area contributed by atoms with Crippen molar-refractivity contribution in [1.82, 2.24) is 9.80 Å². The van der Waals surface area contributed by atoms with Gasteiger partial charge in [0.15, 0.2) is 0 Å². The fraction of sp³-hybridized carbons (Fsp3) is 0.562. The molecule has 41 heavy (non-hydrogen) atoms. The molecule has 7 rings (SSSR count). The van der Waals surface area contributed by atoms with Gasteiger partial charge in [0.1, 0.15) is 34.6 Å². The van der Waals surface area contributed by atoms with Crippen molar-refractivity contribution < 1.29 is 22.6 Å². The van der Waals surface area contributed by atoms with Crippen LogP contribution in [0.4, 0.5) is 4.79 Å². The molecule has 5 aliphatic rings. The lowest BCUT2D eigenvalue weighted by Gasteiger charge is -2.37. The molecule has 3 saturated heterocycles. The van der Waals surface area contributed by atoms with Crippen molar-refractivity contribution in [2.75, 3.05) is 17.3 Å². The molecule has 6 atom stereocenters. The molecule has 3 heterocycles. The van der Waals surface area contributed by atoms with Crippen LogP contribution in [-0.2, 0) is 38.9 Å². The number of fused-ring (bicyclic) bond motifs is 5. The third kappa shape index (κ3) is 5.12. The van der Waals surface area contributed by atoms with Crippen molar-refractivity contribution in [3.63, 3.8) is 0 Å². The molecule has 2 saturated carbocycles. The lowest BCUT2D eigenvalue weighted by atomic mass is 9.70. The molecule has 7 nitrogen and oxygen atoms in total. The predicted molar refractivity (Wildman–Crippen MR) is 160 cm³/mol. The van der Waals surface area contributed by atoms with Crippen molar-refractivity contribution in [1.29, 1.82) is 0 Å². The number of amides is 2. The molecule has 4 unspecified atom stereocenters. The summed E-state index contributed by atoms with van der Waals surface area (Å²) in [5.41, 5.74) is 1.26. The molecule has 2 amide bonds. The Bertz CT molecular complexity index is 1400. The van der Waals surface area contributed by atoms with Crippen LogP contribution in [0, 0.1) is 16.7 Å². The minimum atomic E-state index is -4.33. The van der Waals surface area contributed by atoms with Gasteiger partial charge in [-0.3, -0.25) is 4.79 Å². The van der Waals surface area contributed by atoms with E-state index in [1.54, 1.807) is 0 Å². The monoisotopic (exact) mass is 596 g/mol. The maximum Gasteiger partial charge on any atom is 0.321 e. The summed E-state index contributed by atoms with van der Waals surface area (Å²) in [6.45, 7) is 5.33. The minimum Gasteiger partial charge on any atom is -0.748 e. The summed E-state index contributed by atoms with van der Waals surface area (Å²) < 4.78 is 32.7. The molecular weight excluding hydrogens is 556 g/mol. The molecule has 9 heteroatoms. The zero-order chi connectivity index (χ0) is 29.0. The number of carbonyl (C=O) groups is 2. The van der Waals surface area contributed by atoms with E-state index in [0.29, 0.717) is 35.8 Å². The van der Waals surface area contributed by atoms with Crippen molar-refractivity contribution in [3.8, 4) is 0 Å². The molecule has 2 aliphatic carbocycles. The number of urea groups is 1. The Hall–Kier alpha value is -2.36. The smallest absolute Gasteiger partial charge is 0.321 e. The van der Waals surface area contributed by atoms with Gasteiger partial charge < -0.3 is 14.4 Å². The van der Waals surface area contributed by atoms with Crippen LogP contribution in [-0.4, -0.2) is 69.2 Å². The van der Waals surface area contributed by atoms with Gasteiger partial charge >= 0.3 is 6.03 Å². The third-order valence-electron chi connectivity index (χ3n) is 10.7. The van der Waals surface area contributed by atoms with E-state index in [2.05, 4.69) is 58.3 Å². The van der Waals surface area contributed by atoms with Gasteiger partial charge in [0.25, 0.3) is 0 Å². The lowest BCUT2D eigenvalue weighted by Crippen LogP contribution is -2.42. The van der Waals surface area contributed by atoms with E-state index in [9.17, 15) is 22.6 Å². The summed E-state index contributed by atoms with van der Waals surface area (Å²) in [5, 5.41) is 0.730. The average Bonchev–Trinajstić information content (AvgIpc) is 3.67. The lowest BCUT2D eigenvalue weighted by molar-refractivity contribution is -0.128. The van der Waals surface area contributed by atoms with Crippen LogP contribution in [0.1, 0.15) is 57.1 Å². The molecule has 3 aliphatic heterocycles. The molecule has 0 aromatic heterocycles. The van der Waals surface area contributed by atoms with Gasteiger partial charge in [-0.2, -0.15) is 0 Å². The van der Waals surface area contributed by atoms with E-state index in [1.807, 2.05) is 26.0 Å². The van der Waals surface area contributed by atoms with Crippen LogP contribution in [0.3, 0.4) is 0 Å². The minimum absolute atomic E-state index is 0.0248. The fourth-order valence-corrected chi connectivity index (χ4v) is 12.9. The second-order valence-electron chi connectivity index (χ2n) is 13.0. The Morgan fingerprint density at radius 1 is 0.927 bits per heavy atom. The normalized spacial score (nSPS) is 33.1. The highest BCUT2D eigenvalue weighted by atomic mass is 32.2. The number of nitrogens with zero attached hydrogens (tertiary/aromatic N) is 2. The number of ketones is 1. The molecule has 0 spiro atoms. The standard InChI is InChI=1S/C22H25N2OS.C10H16O4S/c25-22-23(14-17-8-3-1-4-9-17)19-16-26-13-7-12-20(26)21(19)24(22)15-18-10-5-2-6-11-18;1-9(2)7-3-4-10(9,8(11)5-7)6-15(12,13)14/h1-6,8-11,19-21H,7,12-16H2;7H,3-6H2,1-2H3,(H,12,13,14)/q+1;/p-1/t;7-,10-/m.1/s1. The molecule has 5 fully saturated rings. The quantitative estimate of drug-likeness (QED) is 0.276. The van der Waals surface area contributed by atoms with Crippen molar-refractivity contribution in [2.24, 2.45) is 16.7 Å². The number of benzene rings is 2. The maximum absolute atomic E-state index is 13.4. The van der Waals surface area contributed by atoms with E-state index < -0.39 is 21.3 Å². The SMILES string of the molecule is CC1(C)[C@@H]2CC[C@@]1(CS(=O)(=O)[O-])C(=O)C2.O=C1N(Cc2ccccc2)C2C[S+]3CCCC3C2N1Cc1ccccc1. The van der Waals surface area contributed by atoms with Crippen LogP contribution in [0.15, 0.2) is 60.7 Å². The zero-order valence-corrected chi connectivity index (χ0v) is 25.5. The topological polar surface area (TPSA) is 97.8 Å². The van der Waals surface area contributed by atoms with Crippen LogP contribution in [0.2, 0.25) is 0 Å². The average molecular weight is 597 g/mol. The number of hydrogen-bond acceptors (Lipinski definition) is 5. The van der Waals surface area contributed by atoms with Crippen LogP contribution in [0.5, 0.6) is 0 Å². The Labute approximate surface area is 246 Å². The first-order valence-electron chi connectivity index (χ1n) is 14.8. The van der Waals surface area contributed by atoms with Crippen LogP contribution >= 0.6 is 0 Å². The Kier molecular flexibility index (Phi) is 7.52. The van der Waals surface area contributed by atoms with E-state index in [-0.39, 0.29) is 23.1 Å². The van der Waals surface area contributed by atoms with Crippen molar-refractivity contribution >= 4 is 32.8 Å². The summed E-state index contributed by atoms with van der Waals surface area (Å²) in [4.78, 5) is 29.6. The first-order chi connectivity index (χ1) is 19.5. The van der Waals surface area contributed by atoms with Crippen molar-refractivity contribution in [3.05, 3.63) is 71.8 Å². The van der Waals surface area contributed by atoms with Crippen LogP contribution < -0.4 is 0 Å². The number of hydrogen-bond donors (Lipinski definition) is 0. The molecule has 220 valence electrons. The van der Waals surface area contributed by atoms with Crippen molar-refractivity contribution in [2.45, 2.75) is 76.4 Å². The third-order valence-corrected chi connectivity index (χ3v) is 14.5. The summed E-state index contributed by atoms with van der Waals surface area (Å²) >= 11 is 0. The highest BCUT2D eigenvalue weighted by Crippen LogP contribution is 2.64. The van der Waals surface area contributed by atoms with Gasteiger partial charge in [0.2, 0.25) is 0 Å². The Morgan fingerprint density at radius 3 is 2.07 bits per heavy atom. The number of carbonyl (C=O) groups excluding carboxylic acids is 2. The van der Waals surface area contributed by atoms with E-state index in [4.69, 9.17) is 0 Å². The fourth-order valence-electron chi connectivity index (χ4n) is 8.37. The number of rotatable bonds is 6. The Balaban J connectivity index is 0.000000172. The van der Waals surface area contributed by atoms with Gasteiger partial charge in [-0.15, -0.1) is 0 Å². The Morgan fingerprint density at radius 2 is 1.54 bits per heavy atom. The summed E-state index contributed by atoms with van der Waals surface area (Å²) in [6.07, 6.45) is 4.53. The molecule has 2 bridgehead atoms. The van der Waals surface area contributed by atoms with E-state index >= 15 is 0 Å². The summed E-state index contributed by atoms with van der Waals surface area (Å²) in [5.74, 6) is 2.32. The first-order valence-corrected chi connectivity index (χ1v) is 18.0. The second-order valence-corrected chi connectivity index (χ2v) is 16.9. The molecule has 2 aromatic rings. The van der Waals surface area contributed by atoms with Gasteiger partial charge in [-0.05, 0) is 52.6 Å². The summed E-state index contributed by atoms with van der Waals surface area (Å²) in [6, 6.07) is 22.0. The second kappa shape index (κ2) is 10.7. The maximum atomic E-state index is 13.4. The molecule has 0 radical (unpaired) electrons. The zero-order valence-electron chi connectivity index (χ0n) is 23.9. The molecular formula is C32H40N2O5S2. The predicted octanol–water partition coefficient (Wildman–Crippen LogP) is 4.58. The first kappa shape index (κ1) is 28.7. The van der Waals surface area contributed by atoms with Gasteiger partial charge in [-0.1, -0.05) is 74.5 Å². The highest BCUT2D eigenvalue weighted by Gasteiger charge is 2.65. The van der Waals surface area contributed by atoms with Gasteiger partial charge in [0, 0.05) is 31.3 Å². The highest BCUT2D eigenvalue weighted by molar-refractivity contribution is 7.98. The summed E-state index contributed by atoms with van der Waals surface area (Å²) in [7, 11) is -3.81.